The lowest BCUT2D eigenvalue weighted by atomic mass is 9.65. The number of nitro groups is 1. The van der Waals surface area contributed by atoms with Crippen molar-refractivity contribution in [1.82, 2.24) is 0 Å². The van der Waals surface area contributed by atoms with Crippen LogP contribution in [-0.4, -0.2) is 16.5 Å². The van der Waals surface area contributed by atoms with Crippen molar-refractivity contribution in [2.75, 3.05) is 10.2 Å². The average molecular weight is 415 g/mol. The Morgan fingerprint density at radius 3 is 2.19 bits per heavy atom. The predicted octanol–water partition coefficient (Wildman–Crippen LogP) is 6.12. The van der Waals surface area contributed by atoms with Crippen LogP contribution in [0, 0.1) is 10.1 Å². The smallest absolute Gasteiger partial charge is 0.308 e. The molecular weight excluding hydrogens is 390 g/mol. The highest BCUT2D eigenvalue weighted by atomic mass is 16.6. The maximum atomic E-state index is 13.4. The number of carbonyl (C=O) groups is 1. The van der Waals surface area contributed by atoms with Gasteiger partial charge in [0.2, 0.25) is 0 Å². The van der Waals surface area contributed by atoms with Crippen LogP contribution in [0.5, 0.6) is 0 Å². The van der Waals surface area contributed by atoms with Crippen LogP contribution < -0.4 is 10.2 Å². The Bertz CT molecular complexity index is 1130. The number of anilines is 2. The molecule has 0 unspecified atom stereocenters. The van der Waals surface area contributed by atoms with E-state index in [-0.39, 0.29) is 17.1 Å². The molecule has 1 atom stereocenters. The molecular formula is C25H25N3O3. The number of rotatable bonds is 3. The first-order valence-electron chi connectivity index (χ1n) is 10.2. The molecule has 3 aromatic rings. The first-order chi connectivity index (χ1) is 14.7. The molecule has 158 valence electrons. The number of amides is 2. The van der Waals surface area contributed by atoms with Crippen molar-refractivity contribution in [2.45, 2.75) is 38.1 Å². The van der Waals surface area contributed by atoms with Crippen LogP contribution in [0.3, 0.4) is 0 Å². The summed E-state index contributed by atoms with van der Waals surface area (Å²) in [5, 5.41) is 13.8. The Kier molecular flexibility index (Phi) is 5.01. The zero-order chi connectivity index (χ0) is 22.2. The van der Waals surface area contributed by atoms with Gasteiger partial charge in [-0.15, -0.1) is 0 Å². The van der Waals surface area contributed by atoms with E-state index >= 15 is 0 Å². The van der Waals surface area contributed by atoms with Crippen LogP contribution in [0.4, 0.5) is 21.9 Å². The summed E-state index contributed by atoms with van der Waals surface area (Å²) >= 11 is 0. The zero-order valence-electron chi connectivity index (χ0n) is 17.8. The molecule has 1 aliphatic heterocycles. The molecule has 6 heteroatoms. The minimum Gasteiger partial charge on any atom is -0.308 e. The number of hydrogen-bond donors (Lipinski definition) is 1. The Labute approximate surface area is 181 Å². The van der Waals surface area contributed by atoms with E-state index in [9.17, 15) is 14.9 Å². The standard InChI is InChI=1S/C25H25N3O3/c1-24(2)17-25(3,18-9-5-4-6-10-18)21-11-7-8-12-22(21)27(24)23(29)26-19-13-15-20(16-14-19)28(30)31/h4-16H,17H2,1-3H3,(H,26,29)/t25-/m1/s1. The number of benzene rings is 3. The fraction of sp³-hybridized carbons (Fsp3) is 0.240. The molecule has 1 aliphatic rings. The van der Waals surface area contributed by atoms with Gasteiger partial charge in [-0.3, -0.25) is 15.0 Å². The summed E-state index contributed by atoms with van der Waals surface area (Å²) in [5.74, 6) is 0. The van der Waals surface area contributed by atoms with Gasteiger partial charge in [0, 0.05) is 28.8 Å². The fourth-order valence-corrected chi connectivity index (χ4v) is 4.79. The van der Waals surface area contributed by atoms with Crippen molar-refractivity contribution >= 4 is 23.1 Å². The minimum atomic E-state index is -0.468. The molecule has 2 amide bonds. The van der Waals surface area contributed by atoms with Crippen LogP contribution in [0.2, 0.25) is 0 Å². The second kappa shape index (κ2) is 7.54. The van der Waals surface area contributed by atoms with E-state index in [4.69, 9.17) is 0 Å². The average Bonchev–Trinajstić information content (AvgIpc) is 2.74. The van der Waals surface area contributed by atoms with E-state index < -0.39 is 10.5 Å². The normalized spacial score (nSPS) is 19.4. The van der Waals surface area contributed by atoms with Gasteiger partial charge in [0.1, 0.15) is 0 Å². The molecule has 1 N–H and O–H groups in total. The van der Waals surface area contributed by atoms with Gasteiger partial charge in [0.05, 0.1) is 10.6 Å². The summed E-state index contributed by atoms with van der Waals surface area (Å²) in [6.07, 6.45) is 0.745. The van der Waals surface area contributed by atoms with Gasteiger partial charge in [-0.05, 0) is 49.6 Å². The van der Waals surface area contributed by atoms with Gasteiger partial charge in [-0.25, -0.2) is 4.79 Å². The molecule has 0 saturated heterocycles. The molecule has 0 aliphatic carbocycles. The zero-order valence-corrected chi connectivity index (χ0v) is 17.8. The molecule has 3 aromatic carbocycles. The van der Waals surface area contributed by atoms with Gasteiger partial charge in [0.15, 0.2) is 0 Å². The van der Waals surface area contributed by atoms with Crippen LogP contribution in [0.25, 0.3) is 0 Å². The van der Waals surface area contributed by atoms with Gasteiger partial charge < -0.3 is 5.32 Å². The number of nitrogens with zero attached hydrogens (tertiary/aromatic N) is 2. The number of carbonyl (C=O) groups excluding carboxylic acids is 1. The summed E-state index contributed by atoms with van der Waals surface area (Å²) in [6, 6.07) is 24.0. The topological polar surface area (TPSA) is 75.5 Å². The van der Waals surface area contributed by atoms with Crippen LogP contribution >= 0.6 is 0 Å². The van der Waals surface area contributed by atoms with Crippen molar-refractivity contribution in [3.8, 4) is 0 Å². The Morgan fingerprint density at radius 2 is 1.55 bits per heavy atom. The second-order valence-electron chi connectivity index (χ2n) is 8.77. The molecule has 0 spiro atoms. The van der Waals surface area contributed by atoms with Crippen LogP contribution in [-0.2, 0) is 5.41 Å². The molecule has 0 fully saturated rings. The van der Waals surface area contributed by atoms with Crippen molar-refractivity contribution in [3.05, 3.63) is 100 Å². The highest BCUT2D eigenvalue weighted by Gasteiger charge is 2.47. The quantitative estimate of drug-likeness (QED) is 0.413. The fourth-order valence-electron chi connectivity index (χ4n) is 4.79. The van der Waals surface area contributed by atoms with Gasteiger partial charge >= 0.3 is 6.03 Å². The van der Waals surface area contributed by atoms with Crippen molar-refractivity contribution in [1.29, 1.82) is 0 Å². The number of urea groups is 1. The second-order valence-corrected chi connectivity index (χ2v) is 8.77. The van der Waals surface area contributed by atoms with E-state index in [0.29, 0.717) is 5.69 Å². The number of non-ortho nitro benzene ring substituents is 1. The third-order valence-corrected chi connectivity index (χ3v) is 6.07. The van der Waals surface area contributed by atoms with Crippen molar-refractivity contribution < 1.29 is 9.72 Å². The highest BCUT2D eigenvalue weighted by molar-refractivity contribution is 6.04. The molecule has 31 heavy (non-hydrogen) atoms. The molecule has 6 nitrogen and oxygen atoms in total. The predicted molar refractivity (Wildman–Crippen MR) is 123 cm³/mol. The molecule has 0 saturated carbocycles. The lowest BCUT2D eigenvalue weighted by Gasteiger charge is -2.51. The summed E-state index contributed by atoms with van der Waals surface area (Å²) < 4.78 is 0. The largest absolute Gasteiger partial charge is 0.326 e. The highest BCUT2D eigenvalue weighted by Crippen LogP contribution is 2.50. The first-order valence-corrected chi connectivity index (χ1v) is 10.2. The Balaban J connectivity index is 1.73. The number of fused-ring (bicyclic) bond motifs is 1. The van der Waals surface area contributed by atoms with E-state index in [1.807, 2.05) is 36.4 Å². The number of hydrogen-bond acceptors (Lipinski definition) is 3. The first kappa shape index (κ1) is 20.6. The van der Waals surface area contributed by atoms with E-state index in [0.717, 1.165) is 17.7 Å². The van der Waals surface area contributed by atoms with Crippen molar-refractivity contribution in [2.24, 2.45) is 0 Å². The molecule has 0 radical (unpaired) electrons. The summed E-state index contributed by atoms with van der Waals surface area (Å²) in [7, 11) is 0. The number of para-hydroxylation sites is 1. The summed E-state index contributed by atoms with van der Waals surface area (Å²) in [4.78, 5) is 25.6. The number of nitro benzene ring substituents is 1. The SMILES string of the molecule is CC1(C)C[C@](C)(c2ccccc2)c2ccccc2N1C(=O)Nc1ccc([N+](=O)[O-])cc1. The van der Waals surface area contributed by atoms with Gasteiger partial charge in [-0.2, -0.15) is 0 Å². The molecule has 0 aromatic heterocycles. The van der Waals surface area contributed by atoms with E-state index in [1.165, 1.54) is 17.7 Å². The van der Waals surface area contributed by atoms with E-state index in [1.54, 1.807) is 17.0 Å². The summed E-state index contributed by atoms with van der Waals surface area (Å²) in [6.45, 7) is 6.37. The maximum absolute atomic E-state index is 13.4. The third kappa shape index (κ3) is 3.65. The van der Waals surface area contributed by atoms with Crippen LogP contribution in [0.15, 0.2) is 78.9 Å². The minimum absolute atomic E-state index is 0.0136. The van der Waals surface area contributed by atoms with Crippen LogP contribution in [0.1, 0.15) is 38.3 Å². The summed E-state index contributed by atoms with van der Waals surface area (Å²) in [5.41, 5.74) is 2.96. The van der Waals surface area contributed by atoms with Gasteiger partial charge in [0.25, 0.3) is 5.69 Å². The maximum Gasteiger partial charge on any atom is 0.326 e. The third-order valence-electron chi connectivity index (χ3n) is 6.07. The van der Waals surface area contributed by atoms with Gasteiger partial charge in [-0.1, -0.05) is 55.5 Å². The molecule has 0 bridgehead atoms. The Morgan fingerprint density at radius 1 is 0.935 bits per heavy atom. The lowest BCUT2D eigenvalue weighted by Crippen LogP contribution is -2.57. The van der Waals surface area contributed by atoms with E-state index in [2.05, 4.69) is 44.3 Å². The lowest BCUT2D eigenvalue weighted by molar-refractivity contribution is -0.384. The molecule has 4 rings (SSSR count). The van der Waals surface area contributed by atoms with Crippen molar-refractivity contribution in [3.63, 3.8) is 0 Å². The number of nitrogens with one attached hydrogen (secondary N) is 1. The monoisotopic (exact) mass is 415 g/mol. The Hall–Kier alpha value is -3.67. The molecule has 1 heterocycles.